The Labute approximate surface area is 112 Å². The molecule has 0 spiro atoms. The van der Waals surface area contributed by atoms with E-state index in [2.05, 4.69) is 0 Å². The molecule has 2 N–H and O–H groups in total. The van der Waals surface area contributed by atoms with Crippen LogP contribution in [0.25, 0.3) is 0 Å². The summed E-state index contributed by atoms with van der Waals surface area (Å²) < 4.78 is 31.8. The van der Waals surface area contributed by atoms with Gasteiger partial charge < -0.3 is 10.5 Å². The van der Waals surface area contributed by atoms with Gasteiger partial charge in [0.05, 0.1) is 11.0 Å². The summed E-state index contributed by atoms with van der Waals surface area (Å²) in [7, 11) is -1.80. The first-order chi connectivity index (χ1) is 8.59. The predicted molar refractivity (Wildman–Crippen MR) is 71.0 cm³/mol. The third-order valence-corrected chi connectivity index (χ3v) is 6.20. The zero-order valence-corrected chi connectivity index (χ0v) is 12.0. The lowest BCUT2D eigenvalue weighted by molar-refractivity contribution is 0.0572. The van der Waals surface area contributed by atoms with Gasteiger partial charge in [0.1, 0.15) is 0 Å². The molecule has 1 saturated heterocycles. The van der Waals surface area contributed by atoms with Gasteiger partial charge in [-0.1, -0.05) is 0 Å². The molecule has 0 aromatic carbocycles. The molecule has 1 fully saturated rings. The first kappa shape index (κ1) is 14.0. The van der Waals surface area contributed by atoms with Crippen LogP contribution < -0.4 is 5.73 Å². The molecule has 102 valence electrons. The Hall–Kier alpha value is -0.470. The number of hydrogen-bond acceptors (Lipinski definition) is 5. The lowest BCUT2D eigenvalue weighted by Gasteiger charge is -2.31. The molecule has 18 heavy (non-hydrogen) atoms. The first-order valence-electron chi connectivity index (χ1n) is 5.89. The number of rotatable bonds is 4. The summed E-state index contributed by atoms with van der Waals surface area (Å²) in [6.07, 6.45) is 1.74. The highest BCUT2D eigenvalue weighted by Crippen LogP contribution is 2.27. The molecular formula is C11H18N2O3S2. The van der Waals surface area contributed by atoms with Crippen LogP contribution >= 0.6 is 11.3 Å². The minimum atomic E-state index is -3.42. The van der Waals surface area contributed by atoms with Crippen LogP contribution in [0.2, 0.25) is 0 Å². The third kappa shape index (κ3) is 2.60. The quantitative estimate of drug-likeness (QED) is 0.898. The zero-order valence-electron chi connectivity index (χ0n) is 10.3. The van der Waals surface area contributed by atoms with Crippen molar-refractivity contribution in [2.24, 2.45) is 5.73 Å². The van der Waals surface area contributed by atoms with Crippen molar-refractivity contribution in [1.29, 1.82) is 0 Å². The van der Waals surface area contributed by atoms with Gasteiger partial charge in [0.15, 0.2) is 0 Å². The maximum absolute atomic E-state index is 12.5. The molecule has 0 bridgehead atoms. The highest BCUT2D eigenvalue weighted by Gasteiger charge is 2.31. The van der Waals surface area contributed by atoms with Crippen LogP contribution in [-0.2, 0) is 21.3 Å². The van der Waals surface area contributed by atoms with E-state index in [0.29, 0.717) is 18.0 Å². The van der Waals surface area contributed by atoms with Gasteiger partial charge in [-0.15, -0.1) is 11.3 Å². The average Bonchev–Trinajstić information content (AvgIpc) is 2.88. The van der Waals surface area contributed by atoms with E-state index in [4.69, 9.17) is 10.5 Å². The summed E-state index contributed by atoms with van der Waals surface area (Å²) in [4.78, 5) is 1.07. The zero-order chi connectivity index (χ0) is 13.2. The lowest BCUT2D eigenvalue weighted by atomic mass is 10.1. The number of piperidine rings is 1. The Morgan fingerprint density at radius 3 is 3.06 bits per heavy atom. The van der Waals surface area contributed by atoms with Crippen LogP contribution in [0, 0.1) is 0 Å². The second-order valence-electron chi connectivity index (χ2n) is 4.28. The number of sulfonamides is 1. The molecule has 0 saturated carbocycles. The van der Waals surface area contributed by atoms with Gasteiger partial charge in [-0.05, 0) is 24.3 Å². The van der Waals surface area contributed by atoms with Crippen molar-refractivity contribution < 1.29 is 13.2 Å². The molecule has 2 rings (SSSR count). The normalized spacial score (nSPS) is 22.2. The molecule has 0 aliphatic carbocycles. The van der Waals surface area contributed by atoms with Crippen LogP contribution in [0.15, 0.2) is 16.3 Å². The maximum Gasteiger partial charge on any atom is 0.244 e. The highest BCUT2D eigenvalue weighted by molar-refractivity contribution is 7.89. The van der Waals surface area contributed by atoms with Gasteiger partial charge in [-0.3, -0.25) is 0 Å². The molecule has 1 aliphatic heterocycles. The summed E-state index contributed by atoms with van der Waals surface area (Å²) in [5, 5.41) is 1.77. The second kappa shape index (κ2) is 5.66. The fourth-order valence-electron chi connectivity index (χ4n) is 2.16. The summed E-state index contributed by atoms with van der Waals surface area (Å²) in [6, 6.07) is 1.64. The predicted octanol–water partition coefficient (Wildman–Crippen LogP) is 1.01. The van der Waals surface area contributed by atoms with Crippen LogP contribution in [0.1, 0.15) is 17.7 Å². The molecule has 2 heterocycles. The number of nitrogens with two attached hydrogens (primary N) is 1. The third-order valence-electron chi connectivity index (χ3n) is 3.18. The van der Waals surface area contributed by atoms with Crippen molar-refractivity contribution in [2.45, 2.75) is 30.4 Å². The first-order valence-corrected chi connectivity index (χ1v) is 8.21. The molecular weight excluding hydrogens is 272 g/mol. The topological polar surface area (TPSA) is 72.6 Å². The number of methoxy groups -OCH3 is 1. The molecule has 1 atom stereocenters. The van der Waals surface area contributed by atoms with Crippen molar-refractivity contribution in [2.75, 3.05) is 20.2 Å². The standard InChI is InChI=1S/C11H18N2O3S2/c1-16-9-3-2-5-13(8-9)18(14,15)11-4-6-17-10(11)7-12/h4,6,9H,2-3,5,7-8,12H2,1H3. The largest absolute Gasteiger partial charge is 0.380 e. The number of ether oxygens (including phenoxy) is 1. The Morgan fingerprint density at radius 2 is 2.39 bits per heavy atom. The Bertz CT molecular complexity index is 498. The van der Waals surface area contributed by atoms with E-state index in [0.717, 1.165) is 17.7 Å². The monoisotopic (exact) mass is 290 g/mol. The average molecular weight is 290 g/mol. The van der Waals surface area contributed by atoms with E-state index in [1.165, 1.54) is 15.6 Å². The fraction of sp³-hybridized carbons (Fsp3) is 0.636. The van der Waals surface area contributed by atoms with E-state index < -0.39 is 10.0 Å². The van der Waals surface area contributed by atoms with E-state index >= 15 is 0 Å². The summed E-state index contributed by atoms with van der Waals surface area (Å²) in [5.74, 6) is 0. The Balaban J connectivity index is 2.25. The highest BCUT2D eigenvalue weighted by atomic mass is 32.2. The molecule has 1 aromatic rings. The van der Waals surface area contributed by atoms with Crippen LogP contribution in [0.3, 0.4) is 0 Å². The molecule has 1 aliphatic rings. The fourth-order valence-corrected chi connectivity index (χ4v) is 4.98. The van der Waals surface area contributed by atoms with Crippen molar-refractivity contribution in [1.82, 2.24) is 4.31 Å². The van der Waals surface area contributed by atoms with Crippen molar-refractivity contribution >= 4 is 21.4 Å². The van der Waals surface area contributed by atoms with E-state index in [-0.39, 0.29) is 12.6 Å². The van der Waals surface area contributed by atoms with Crippen LogP contribution in [0.4, 0.5) is 0 Å². The number of thiophene rings is 1. The molecule has 7 heteroatoms. The van der Waals surface area contributed by atoms with Gasteiger partial charge in [0, 0.05) is 31.6 Å². The van der Waals surface area contributed by atoms with E-state index in [9.17, 15) is 8.42 Å². The van der Waals surface area contributed by atoms with Crippen LogP contribution in [-0.4, -0.2) is 39.0 Å². The van der Waals surface area contributed by atoms with Gasteiger partial charge in [0.25, 0.3) is 0 Å². The minimum absolute atomic E-state index is 0.00603. The van der Waals surface area contributed by atoms with Crippen LogP contribution in [0.5, 0.6) is 0 Å². The lowest BCUT2D eigenvalue weighted by Crippen LogP contribution is -2.42. The molecule has 0 radical (unpaired) electrons. The Kier molecular flexibility index (Phi) is 4.39. The van der Waals surface area contributed by atoms with Gasteiger partial charge in [0.2, 0.25) is 10.0 Å². The van der Waals surface area contributed by atoms with Crippen molar-refractivity contribution in [3.8, 4) is 0 Å². The SMILES string of the molecule is COC1CCCN(S(=O)(=O)c2ccsc2CN)C1. The van der Waals surface area contributed by atoms with Gasteiger partial charge in [-0.25, -0.2) is 8.42 Å². The molecule has 1 unspecified atom stereocenters. The maximum atomic E-state index is 12.5. The van der Waals surface area contributed by atoms with Gasteiger partial charge >= 0.3 is 0 Å². The number of hydrogen-bond donors (Lipinski definition) is 1. The van der Waals surface area contributed by atoms with E-state index in [1.807, 2.05) is 0 Å². The summed E-state index contributed by atoms with van der Waals surface area (Å²) in [5.41, 5.74) is 5.58. The molecule has 1 aromatic heterocycles. The second-order valence-corrected chi connectivity index (χ2v) is 7.18. The summed E-state index contributed by atoms with van der Waals surface area (Å²) >= 11 is 1.38. The Morgan fingerprint density at radius 1 is 1.61 bits per heavy atom. The number of nitrogens with zero attached hydrogens (tertiary/aromatic N) is 1. The molecule has 5 nitrogen and oxygen atoms in total. The van der Waals surface area contributed by atoms with Crippen molar-refractivity contribution in [3.63, 3.8) is 0 Å². The van der Waals surface area contributed by atoms with E-state index in [1.54, 1.807) is 18.6 Å². The smallest absolute Gasteiger partial charge is 0.244 e. The minimum Gasteiger partial charge on any atom is -0.380 e. The van der Waals surface area contributed by atoms with Crippen molar-refractivity contribution in [3.05, 3.63) is 16.3 Å². The van der Waals surface area contributed by atoms with Gasteiger partial charge in [-0.2, -0.15) is 4.31 Å². The molecule has 0 amide bonds. The summed E-state index contributed by atoms with van der Waals surface area (Å²) in [6.45, 7) is 1.24.